The normalized spacial score (nSPS) is 12.1. The number of benzene rings is 1. The lowest BCUT2D eigenvalue weighted by Crippen LogP contribution is -2.20. The van der Waals surface area contributed by atoms with Gasteiger partial charge < -0.3 is 10.5 Å². The minimum atomic E-state index is -0.315. The predicted octanol–water partition coefficient (Wildman–Crippen LogP) is 2.27. The quantitative estimate of drug-likeness (QED) is 0.779. The summed E-state index contributed by atoms with van der Waals surface area (Å²) in [4.78, 5) is 0.397. The fourth-order valence-electron chi connectivity index (χ4n) is 1.10. The Morgan fingerprint density at radius 3 is 2.93 bits per heavy atom. The molecular formula is C10H12FNOS. The second-order valence-corrected chi connectivity index (χ2v) is 3.58. The van der Waals surface area contributed by atoms with Gasteiger partial charge >= 0.3 is 0 Å². The second kappa shape index (κ2) is 4.91. The minimum absolute atomic E-state index is 0.130. The molecule has 0 saturated heterocycles. The molecule has 1 aromatic rings. The van der Waals surface area contributed by atoms with Crippen LogP contribution in [0.1, 0.15) is 13.3 Å². The molecule has 0 fully saturated rings. The molecule has 2 nitrogen and oxygen atoms in total. The third-order valence-corrected chi connectivity index (χ3v) is 1.79. The Kier molecular flexibility index (Phi) is 3.83. The van der Waals surface area contributed by atoms with E-state index in [-0.39, 0.29) is 11.9 Å². The van der Waals surface area contributed by atoms with Crippen LogP contribution < -0.4 is 10.5 Å². The molecular weight excluding hydrogens is 201 g/mol. The monoisotopic (exact) mass is 213 g/mol. The van der Waals surface area contributed by atoms with Gasteiger partial charge in [0.15, 0.2) is 0 Å². The van der Waals surface area contributed by atoms with E-state index in [9.17, 15) is 4.39 Å². The molecule has 0 aromatic heterocycles. The number of halogens is 1. The van der Waals surface area contributed by atoms with Crippen molar-refractivity contribution in [2.45, 2.75) is 19.4 Å². The first kappa shape index (κ1) is 10.9. The molecule has 1 atom stereocenters. The van der Waals surface area contributed by atoms with Crippen molar-refractivity contribution in [1.29, 1.82) is 0 Å². The Bertz CT molecular complexity index is 330. The zero-order valence-corrected chi connectivity index (χ0v) is 8.68. The van der Waals surface area contributed by atoms with Crippen molar-refractivity contribution in [2.75, 3.05) is 0 Å². The Morgan fingerprint density at radius 2 is 2.36 bits per heavy atom. The second-order valence-electron chi connectivity index (χ2n) is 3.06. The van der Waals surface area contributed by atoms with Gasteiger partial charge in [-0.25, -0.2) is 4.39 Å². The smallest absolute Gasteiger partial charge is 0.126 e. The Labute approximate surface area is 87.9 Å². The number of ether oxygens (including phenoxy) is 1. The summed E-state index contributed by atoms with van der Waals surface area (Å²) >= 11 is 4.74. The van der Waals surface area contributed by atoms with Crippen molar-refractivity contribution in [3.8, 4) is 5.75 Å². The van der Waals surface area contributed by atoms with Gasteiger partial charge in [-0.1, -0.05) is 18.3 Å². The highest BCUT2D eigenvalue weighted by Crippen LogP contribution is 2.14. The van der Waals surface area contributed by atoms with Crippen molar-refractivity contribution < 1.29 is 9.13 Å². The maximum atomic E-state index is 12.7. The van der Waals surface area contributed by atoms with Crippen LogP contribution in [-0.4, -0.2) is 11.1 Å². The van der Waals surface area contributed by atoms with Crippen LogP contribution in [0.5, 0.6) is 5.75 Å². The van der Waals surface area contributed by atoms with E-state index in [4.69, 9.17) is 22.7 Å². The van der Waals surface area contributed by atoms with Gasteiger partial charge in [0.25, 0.3) is 0 Å². The van der Waals surface area contributed by atoms with Gasteiger partial charge in [-0.15, -0.1) is 0 Å². The number of thiocarbonyl (C=S) groups is 1. The molecule has 1 aromatic carbocycles. The maximum Gasteiger partial charge on any atom is 0.126 e. The van der Waals surface area contributed by atoms with E-state index >= 15 is 0 Å². The Morgan fingerprint density at radius 1 is 1.64 bits per heavy atom. The molecule has 0 bridgehead atoms. The van der Waals surface area contributed by atoms with E-state index in [2.05, 4.69) is 0 Å². The molecule has 0 amide bonds. The molecule has 1 unspecified atom stereocenters. The van der Waals surface area contributed by atoms with Gasteiger partial charge in [-0.05, 0) is 19.1 Å². The summed E-state index contributed by atoms with van der Waals surface area (Å²) in [6.45, 7) is 1.84. The first-order chi connectivity index (χ1) is 6.58. The predicted molar refractivity (Wildman–Crippen MR) is 57.9 cm³/mol. The van der Waals surface area contributed by atoms with E-state index in [1.165, 1.54) is 12.1 Å². The highest BCUT2D eigenvalue weighted by Gasteiger charge is 2.05. The van der Waals surface area contributed by atoms with Crippen LogP contribution in [0.3, 0.4) is 0 Å². The maximum absolute atomic E-state index is 12.7. The van der Waals surface area contributed by atoms with Crippen LogP contribution >= 0.6 is 12.2 Å². The SMILES string of the molecule is CC(CC(N)=S)Oc1cccc(F)c1. The summed E-state index contributed by atoms with van der Waals surface area (Å²) in [6, 6.07) is 5.98. The van der Waals surface area contributed by atoms with E-state index in [1.807, 2.05) is 6.92 Å². The zero-order valence-electron chi connectivity index (χ0n) is 7.87. The standard InChI is InChI=1S/C10H12FNOS/c1-7(5-10(12)14)13-9-4-2-3-8(11)6-9/h2-4,6-7H,5H2,1H3,(H2,12,14). The molecule has 0 aliphatic rings. The topological polar surface area (TPSA) is 35.2 Å². The molecule has 0 heterocycles. The van der Waals surface area contributed by atoms with E-state index in [0.717, 1.165) is 0 Å². The molecule has 4 heteroatoms. The van der Waals surface area contributed by atoms with Crippen LogP contribution in [0.15, 0.2) is 24.3 Å². The average Bonchev–Trinajstić information content (AvgIpc) is 2.01. The zero-order chi connectivity index (χ0) is 10.6. The molecule has 2 N–H and O–H groups in total. The molecule has 0 aliphatic heterocycles. The van der Waals surface area contributed by atoms with Gasteiger partial charge in [0.2, 0.25) is 0 Å². The summed E-state index contributed by atoms with van der Waals surface area (Å²) in [5.74, 6) is 0.179. The summed E-state index contributed by atoms with van der Waals surface area (Å²) in [5, 5.41) is 0. The number of nitrogens with two attached hydrogens (primary N) is 1. The first-order valence-corrected chi connectivity index (χ1v) is 4.69. The largest absolute Gasteiger partial charge is 0.490 e. The minimum Gasteiger partial charge on any atom is -0.490 e. The average molecular weight is 213 g/mol. The van der Waals surface area contributed by atoms with Crippen LogP contribution in [0.4, 0.5) is 4.39 Å². The molecule has 0 aliphatic carbocycles. The third-order valence-electron chi connectivity index (χ3n) is 1.62. The molecule has 0 radical (unpaired) electrons. The van der Waals surface area contributed by atoms with Crippen molar-refractivity contribution in [1.82, 2.24) is 0 Å². The summed E-state index contributed by atoms with van der Waals surface area (Å²) < 4.78 is 18.1. The summed E-state index contributed by atoms with van der Waals surface area (Å²) in [7, 11) is 0. The molecule has 14 heavy (non-hydrogen) atoms. The summed E-state index contributed by atoms with van der Waals surface area (Å²) in [6.07, 6.45) is 0.362. The van der Waals surface area contributed by atoms with Crippen LogP contribution in [-0.2, 0) is 0 Å². The van der Waals surface area contributed by atoms with Gasteiger partial charge in [0, 0.05) is 12.5 Å². The van der Waals surface area contributed by atoms with E-state index in [0.29, 0.717) is 17.2 Å². The highest BCUT2D eigenvalue weighted by molar-refractivity contribution is 7.80. The van der Waals surface area contributed by atoms with E-state index < -0.39 is 0 Å². The number of rotatable bonds is 4. The Balaban J connectivity index is 2.55. The van der Waals surface area contributed by atoms with Crippen molar-refractivity contribution >= 4 is 17.2 Å². The molecule has 1 rings (SSSR count). The van der Waals surface area contributed by atoms with Crippen LogP contribution in [0.25, 0.3) is 0 Å². The molecule has 0 spiro atoms. The third kappa shape index (κ3) is 3.70. The van der Waals surface area contributed by atoms with Gasteiger partial charge in [-0.2, -0.15) is 0 Å². The lowest BCUT2D eigenvalue weighted by atomic mass is 10.3. The highest BCUT2D eigenvalue weighted by atomic mass is 32.1. The van der Waals surface area contributed by atoms with Gasteiger partial charge in [0.05, 0.1) is 4.99 Å². The lowest BCUT2D eigenvalue weighted by Gasteiger charge is -2.13. The van der Waals surface area contributed by atoms with Gasteiger partial charge in [0.1, 0.15) is 17.7 Å². The fraction of sp³-hybridized carbons (Fsp3) is 0.300. The van der Waals surface area contributed by atoms with Crippen molar-refractivity contribution in [3.05, 3.63) is 30.1 Å². The fourth-order valence-corrected chi connectivity index (χ4v) is 1.33. The van der Waals surface area contributed by atoms with Crippen molar-refractivity contribution in [3.63, 3.8) is 0 Å². The lowest BCUT2D eigenvalue weighted by molar-refractivity contribution is 0.229. The summed E-state index contributed by atoms with van der Waals surface area (Å²) in [5.41, 5.74) is 5.35. The number of hydrogen-bond acceptors (Lipinski definition) is 2. The first-order valence-electron chi connectivity index (χ1n) is 4.28. The van der Waals surface area contributed by atoms with Gasteiger partial charge in [-0.3, -0.25) is 0 Å². The number of hydrogen-bond donors (Lipinski definition) is 1. The Hall–Kier alpha value is -1.16. The van der Waals surface area contributed by atoms with Crippen LogP contribution in [0, 0.1) is 5.82 Å². The molecule has 0 saturated carbocycles. The van der Waals surface area contributed by atoms with E-state index in [1.54, 1.807) is 12.1 Å². The van der Waals surface area contributed by atoms with Crippen molar-refractivity contribution in [2.24, 2.45) is 5.73 Å². The molecule has 76 valence electrons. The van der Waals surface area contributed by atoms with Crippen LogP contribution in [0.2, 0.25) is 0 Å².